The quantitative estimate of drug-likeness (QED) is 0.572. The van der Waals surface area contributed by atoms with Crippen LogP contribution in [0, 0.1) is 10.1 Å². The molecule has 0 atom stereocenters. The Morgan fingerprint density at radius 2 is 2.17 bits per heavy atom. The molecule has 1 aromatic carbocycles. The number of benzene rings is 1. The molecule has 0 saturated carbocycles. The van der Waals surface area contributed by atoms with Gasteiger partial charge in [-0.3, -0.25) is 14.7 Å². The first-order valence-corrected chi connectivity index (χ1v) is 7.12. The Balaban J connectivity index is 1.73. The van der Waals surface area contributed by atoms with E-state index in [4.69, 9.17) is 11.6 Å². The maximum atomic E-state index is 11.0. The molecule has 23 heavy (non-hydrogen) atoms. The van der Waals surface area contributed by atoms with Gasteiger partial charge in [-0.05, 0) is 23.8 Å². The van der Waals surface area contributed by atoms with Crippen LogP contribution in [0.5, 0.6) is 0 Å². The highest BCUT2D eigenvalue weighted by atomic mass is 35.5. The summed E-state index contributed by atoms with van der Waals surface area (Å²) in [5.41, 5.74) is 1.26. The highest BCUT2D eigenvalue weighted by Gasteiger charge is 2.13. The summed E-state index contributed by atoms with van der Waals surface area (Å²) in [6.45, 7) is 0.416. The first-order valence-electron chi connectivity index (χ1n) is 6.74. The Hall–Kier alpha value is -2.93. The van der Waals surface area contributed by atoms with Crippen molar-refractivity contribution < 1.29 is 4.92 Å². The van der Waals surface area contributed by atoms with Gasteiger partial charge in [-0.15, -0.1) is 0 Å². The summed E-state index contributed by atoms with van der Waals surface area (Å²) in [7, 11) is 0. The summed E-state index contributed by atoms with van der Waals surface area (Å²) in [6.07, 6.45) is 6.86. The maximum absolute atomic E-state index is 11.0. The van der Waals surface area contributed by atoms with E-state index in [0.717, 1.165) is 11.4 Å². The number of hydrogen-bond acceptors (Lipinski definition) is 5. The van der Waals surface area contributed by atoms with E-state index in [0.29, 0.717) is 17.3 Å². The summed E-state index contributed by atoms with van der Waals surface area (Å²) in [4.78, 5) is 18.9. The van der Waals surface area contributed by atoms with Crippen molar-refractivity contribution in [2.24, 2.45) is 0 Å². The minimum absolute atomic E-state index is 0.0551. The Bertz CT molecular complexity index is 818. The molecule has 0 radical (unpaired) electrons. The third-order valence-corrected chi connectivity index (χ3v) is 3.45. The molecule has 0 saturated heterocycles. The molecule has 0 spiro atoms. The van der Waals surface area contributed by atoms with E-state index in [1.165, 1.54) is 6.07 Å². The Kier molecular flexibility index (Phi) is 4.20. The summed E-state index contributed by atoms with van der Waals surface area (Å²) in [5, 5.41) is 14.4. The fourth-order valence-electron chi connectivity index (χ4n) is 2.07. The van der Waals surface area contributed by atoms with Gasteiger partial charge >= 0.3 is 0 Å². The molecule has 3 rings (SSSR count). The second-order valence-electron chi connectivity index (χ2n) is 4.77. The molecule has 0 aliphatic heterocycles. The van der Waals surface area contributed by atoms with Gasteiger partial charge in [-0.2, -0.15) is 0 Å². The molecule has 2 heterocycles. The van der Waals surface area contributed by atoms with Gasteiger partial charge in [0.2, 0.25) is 0 Å². The number of aromatic nitrogens is 3. The molecule has 3 aromatic rings. The Morgan fingerprint density at radius 3 is 2.83 bits per heavy atom. The molecule has 0 bridgehead atoms. The monoisotopic (exact) mass is 329 g/mol. The van der Waals surface area contributed by atoms with Crippen LogP contribution < -0.4 is 5.32 Å². The highest BCUT2D eigenvalue weighted by molar-refractivity contribution is 6.30. The van der Waals surface area contributed by atoms with E-state index in [-0.39, 0.29) is 5.69 Å². The zero-order valence-corrected chi connectivity index (χ0v) is 12.6. The summed E-state index contributed by atoms with van der Waals surface area (Å²) >= 11 is 5.79. The zero-order valence-electron chi connectivity index (χ0n) is 11.9. The SMILES string of the molecule is O=[N+]([O-])c1cc(Cl)ccc1NCc1ccc(-n2ccnc2)nc1. The lowest BCUT2D eigenvalue weighted by molar-refractivity contribution is -0.383. The molecular weight excluding hydrogens is 318 g/mol. The van der Waals surface area contributed by atoms with Crippen LogP contribution in [0.4, 0.5) is 11.4 Å². The van der Waals surface area contributed by atoms with Crippen LogP contribution in [0.1, 0.15) is 5.56 Å². The largest absolute Gasteiger partial charge is 0.375 e. The lowest BCUT2D eigenvalue weighted by Crippen LogP contribution is -2.03. The number of nitrogens with zero attached hydrogens (tertiary/aromatic N) is 4. The van der Waals surface area contributed by atoms with Crippen LogP contribution in [0.3, 0.4) is 0 Å². The highest BCUT2D eigenvalue weighted by Crippen LogP contribution is 2.28. The van der Waals surface area contributed by atoms with Crippen LogP contribution in [-0.2, 0) is 6.54 Å². The van der Waals surface area contributed by atoms with E-state index >= 15 is 0 Å². The number of hydrogen-bond donors (Lipinski definition) is 1. The fourth-order valence-corrected chi connectivity index (χ4v) is 2.24. The van der Waals surface area contributed by atoms with E-state index in [2.05, 4.69) is 15.3 Å². The number of rotatable bonds is 5. The normalized spacial score (nSPS) is 10.5. The lowest BCUT2D eigenvalue weighted by Gasteiger charge is -2.08. The van der Waals surface area contributed by atoms with Crippen molar-refractivity contribution in [2.45, 2.75) is 6.54 Å². The topological polar surface area (TPSA) is 85.9 Å². The first kappa shape index (κ1) is 15.0. The molecular formula is C15H12ClN5O2. The van der Waals surface area contributed by atoms with E-state index in [1.807, 2.05) is 12.1 Å². The number of pyridine rings is 1. The predicted octanol–water partition coefficient (Wildman–Crippen LogP) is 3.44. The van der Waals surface area contributed by atoms with Crippen molar-refractivity contribution in [1.82, 2.24) is 14.5 Å². The van der Waals surface area contributed by atoms with Gasteiger partial charge in [-0.1, -0.05) is 17.7 Å². The number of nitro benzene ring substituents is 1. The van der Waals surface area contributed by atoms with Gasteiger partial charge in [0.15, 0.2) is 0 Å². The number of nitro groups is 1. The lowest BCUT2D eigenvalue weighted by atomic mass is 10.2. The standard InChI is InChI=1S/C15H12ClN5O2/c16-12-2-3-13(14(7-12)21(22)23)18-8-11-1-4-15(19-9-11)20-6-5-17-10-20/h1-7,9-10,18H,8H2. The minimum Gasteiger partial charge on any atom is -0.375 e. The zero-order chi connectivity index (χ0) is 16.2. The maximum Gasteiger partial charge on any atom is 0.293 e. The summed E-state index contributed by atoms with van der Waals surface area (Å²) < 4.78 is 1.79. The molecule has 0 aliphatic rings. The van der Waals surface area contributed by atoms with Crippen molar-refractivity contribution in [3.8, 4) is 5.82 Å². The third-order valence-electron chi connectivity index (χ3n) is 3.22. The Morgan fingerprint density at radius 1 is 1.30 bits per heavy atom. The van der Waals surface area contributed by atoms with E-state index in [9.17, 15) is 10.1 Å². The van der Waals surface area contributed by atoms with Gasteiger partial charge < -0.3 is 5.32 Å². The minimum atomic E-state index is -0.464. The second-order valence-corrected chi connectivity index (χ2v) is 5.20. The van der Waals surface area contributed by atoms with Crippen LogP contribution in [-0.4, -0.2) is 19.5 Å². The first-order chi connectivity index (χ1) is 11.1. The van der Waals surface area contributed by atoms with Crippen molar-refractivity contribution in [2.75, 3.05) is 5.32 Å². The average molecular weight is 330 g/mol. The van der Waals surface area contributed by atoms with Gasteiger partial charge in [0.1, 0.15) is 17.8 Å². The van der Waals surface area contributed by atoms with Crippen molar-refractivity contribution in [3.63, 3.8) is 0 Å². The molecule has 7 nitrogen and oxygen atoms in total. The summed E-state index contributed by atoms with van der Waals surface area (Å²) in [6, 6.07) is 8.28. The molecule has 0 fully saturated rings. The van der Waals surface area contributed by atoms with Crippen LogP contribution in [0.2, 0.25) is 5.02 Å². The second kappa shape index (κ2) is 6.45. The van der Waals surface area contributed by atoms with Gasteiger partial charge in [-0.25, -0.2) is 9.97 Å². The number of nitrogens with one attached hydrogen (secondary N) is 1. The van der Waals surface area contributed by atoms with Crippen LogP contribution in [0.25, 0.3) is 5.82 Å². The van der Waals surface area contributed by atoms with E-state index < -0.39 is 4.92 Å². The van der Waals surface area contributed by atoms with E-state index in [1.54, 1.807) is 41.6 Å². The fraction of sp³-hybridized carbons (Fsp3) is 0.0667. The van der Waals surface area contributed by atoms with Gasteiger partial charge in [0, 0.05) is 36.2 Å². The molecule has 0 aliphatic carbocycles. The van der Waals surface area contributed by atoms with Crippen molar-refractivity contribution >= 4 is 23.0 Å². The smallest absolute Gasteiger partial charge is 0.293 e. The summed E-state index contributed by atoms with van der Waals surface area (Å²) in [5.74, 6) is 0.753. The molecule has 2 aromatic heterocycles. The van der Waals surface area contributed by atoms with Crippen LogP contribution in [0.15, 0.2) is 55.2 Å². The van der Waals surface area contributed by atoms with Gasteiger partial charge in [0.25, 0.3) is 5.69 Å². The number of imidazole rings is 1. The van der Waals surface area contributed by atoms with Crippen LogP contribution >= 0.6 is 11.6 Å². The molecule has 0 unspecified atom stereocenters. The van der Waals surface area contributed by atoms with Crippen molar-refractivity contribution in [1.29, 1.82) is 0 Å². The average Bonchev–Trinajstić information content (AvgIpc) is 3.08. The Labute approximate surface area is 136 Å². The van der Waals surface area contributed by atoms with Gasteiger partial charge in [0.05, 0.1) is 4.92 Å². The van der Waals surface area contributed by atoms with Crippen molar-refractivity contribution in [3.05, 3.63) is 76.0 Å². The molecule has 116 valence electrons. The predicted molar refractivity (Wildman–Crippen MR) is 86.8 cm³/mol. The molecule has 8 heteroatoms. The third kappa shape index (κ3) is 3.46. The molecule has 0 amide bonds. The number of halogens is 1. The molecule has 1 N–H and O–H groups in total. The number of anilines is 1.